The number of aryl methyl sites for hydroxylation is 1. The highest BCUT2D eigenvalue weighted by Crippen LogP contribution is 2.24. The van der Waals surface area contributed by atoms with Gasteiger partial charge in [0.05, 0.1) is 11.4 Å². The number of piperazine rings is 1. The van der Waals surface area contributed by atoms with Crippen LogP contribution in [0.5, 0.6) is 0 Å². The molecule has 0 spiro atoms. The van der Waals surface area contributed by atoms with E-state index >= 15 is 0 Å². The molecule has 0 N–H and O–H groups in total. The van der Waals surface area contributed by atoms with Gasteiger partial charge in [0.2, 0.25) is 0 Å². The second kappa shape index (κ2) is 6.70. The smallest absolute Gasteiger partial charge is 0.258 e. The number of hydrogen-bond donors (Lipinski definition) is 0. The predicted molar refractivity (Wildman–Crippen MR) is 114 cm³/mol. The van der Waals surface area contributed by atoms with E-state index in [-0.39, 0.29) is 5.56 Å². The molecule has 4 aromatic rings. The molecule has 1 atom stereocenters. The van der Waals surface area contributed by atoms with Crippen molar-refractivity contribution in [2.75, 3.05) is 31.6 Å². The first-order valence-corrected chi connectivity index (χ1v) is 9.84. The Labute approximate surface area is 168 Å². The number of hydrogen-bond acceptors (Lipinski definition) is 6. The van der Waals surface area contributed by atoms with E-state index in [0.717, 1.165) is 36.4 Å². The fourth-order valence-corrected chi connectivity index (χ4v) is 3.91. The lowest BCUT2D eigenvalue weighted by Crippen LogP contribution is -2.50. The van der Waals surface area contributed by atoms with Crippen molar-refractivity contribution >= 4 is 22.4 Å². The lowest BCUT2D eigenvalue weighted by atomic mass is 10.1. The Kier molecular flexibility index (Phi) is 4.13. The quantitative estimate of drug-likeness (QED) is 0.525. The number of aromatic nitrogens is 3. The molecule has 1 aliphatic heterocycles. The van der Waals surface area contributed by atoms with Crippen molar-refractivity contribution in [1.82, 2.24) is 19.3 Å². The molecule has 1 saturated heterocycles. The first-order chi connectivity index (χ1) is 14.0. The minimum absolute atomic E-state index is 0.0946. The fraction of sp³-hybridized carbons (Fsp3) is 0.318. The van der Waals surface area contributed by atoms with Crippen molar-refractivity contribution in [3.05, 3.63) is 58.8 Å². The van der Waals surface area contributed by atoms with Gasteiger partial charge in [0, 0.05) is 50.4 Å². The van der Waals surface area contributed by atoms with E-state index < -0.39 is 0 Å². The van der Waals surface area contributed by atoms with Crippen molar-refractivity contribution < 1.29 is 4.42 Å². The largest absolute Gasteiger partial charge is 0.441 e. The van der Waals surface area contributed by atoms with Gasteiger partial charge in [0.25, 0.3) is 5.56 Å². The van der Waals surface area contributed by atoms with Gasteiger partial charge in [0.15, 0.2) is 11.5 Å². The maximum Gasteiger partial charge on any atom is 0.258 e. The highest BCUT2D eigenvalue weighted by atomic mass is 16.3. The van der Waals surface area contributed by atoms with Crippen LogP contribution in [-0.2, 0) is 0 Å². The van der Waals surface area contributed by atoms with E-state index in [4.69, 9.17) is 9.40 Å². The minimum atomic E-state index is -0.0946. The third kappa shape index (κ3) is 3.17. The Morgan fingerprint density at radius 2 is 1.97 bits per heavy atom. The summed E-state index contributed by atoms with van der Waals surface area (Å²) in [6.45, 7) is 6.94. The number of likely N-dealkylation sites (N-methyl/N-ethyl adjacent to an activating group) is 1. The lowest BCUT2D eigenvalue weighted by Gasteiger charge is -2.39. The van der Waals surface area contributed by atoms with Crippen molar-refractivity contribution in [2.45, 2.75) is 19.9 Å². The van der Waals surface area contributed by atoms with Crippen molar-refractivity contribution in [2.24, 2.45) is 0 Å². The summed E-state index contributed by atoms with van der Waals surface area (Å²) >= 11 is 0. The third-order valence-corrected chi connectivity index (χ3v) is 5.76. The second-order valence-electron chi connectivity index (χ2n) is 7.79. The van der Waals surface area contributed by atoms with E-state index in [9.17, 15) is 4.79 Å². The summed E-state index contributed by atoms with van der Waals surface area (Å²) in [5.74, 6) is 0.620. The van der Waals surface area contributed by atoms with Gasteiger partial charge < -0.3 is 14.2 Å². The Balaban J connectivity index is 1.53. The minimum Gasteiger partial charge on any atom is -0.441 e. The molecule has 3 aromatic heterocycles. The number of rotatable bonds is 2. The van der Waals surface area contributed by atoms with Crippen LogP contribution in [-0.4, -0.2) is 52.0 Å². The van der Waals surface area contributed by atoms with Crippen LogP contribution in [0.25, 0.3) is 28.0 Å². The van der Waals surface area contributed by atoms with Crippen LogP contribution in [0.1, 0.15) is 12.8 Å². The highest BCUT2D eigenvalue weighted by molar-refractivity contribution is 5.79. The summed E-state index contributed by atoms with van der Waals surface area (Å²) in [5, 5.41) is 0. The maximum absolute atomic E-state index is 12.9. The number of anilines is 1. The molecule has 1 aromatic carbocycles. The maximum atomic E-state index is 12.9. The Hall–Kier alpha value is -3.19. The van der Waals surface area contributed by atoms with Crippen LogP contribution in [0, 0.1) is 6.92 Å². The number of benzene rings is 1. The average Bonchev–Trinajstić information content (AvgIpc) is 3.09. The fourth-order valence-electron chi connectivity index (χ4n) is 3.91. The zero-order valence-electron chi connectivity index (χ0n) is 16.8. The van der Waals surface area contributed by atoms with Crippen LogP contribution in [0.3, 0.4) is 0 Å². The molecule has 1 fully saturated rings. The highest BCUT2D eigenvalue weighted by Gasteiger charge is 2.21. The summed E-state index contributed by atoms with van der Waals surface area (Å²) < 4.78 is 7.24. The van der Waals surface area contributed by atoms with Crippen molar-refractivity contribution in [1.29, 1.82) is 0 Å². The lowest BCUT2D eigenvalue weighted by molar-refractivity contribution is 0.234. The first-order valence-electron chi connectivity index (χ1n) is 9.84. The second-order valence-corrected chi connectivity index (χ2v) is 7.79. The Bertz CT molecular complexity index is 1280. The monoisotopic (exact) mass is 389 g/mol. The van der Waals surface area contributed by atoms with Crippen LogP contribution in [0.4, 0.5) is 5.69 Å². The van der Waals surface area contributed by atoms with Crippen molar-refractivity contribution in [3.8, 4) is 11.3 Å². The predicted octanol–water partition coefficient (Wildman–Crippen LogP) is 2.95. The van der Waals surface area contributed by atoms with Gasteiger partial charge in [-0.2, -0.15) is 0 Å². The van der Waals surface area contributed by atoms with E-state index in [0.29, 0.717) is 28.9 Å². The molecule has 1 aliphatic rings. The molecule has 0 saturated carbocycles. The zero-order chi connectivity index (χ0) is 20.1. The molecule has 0 bridgehead atoms. The van der Waals surface area contributed by atoms with Gasteiger partial charge in [-0.05, 0) is 38.2 Å². The number of fused-ring (bicyclic) bond motifs is 2. The summed E-state index contributed by atoms with van der Waals surface area (Å²) in [7, 11) is 2.15. The molecule has 0 radical (unpaired) electrons. The molecule has 4 heterocycles. The molecule has 0 unspecified atom stereocenters. The van der Waals surface area contributed by atoms with Crippen LogP contribution >= 0.6 is 0 Å². The third-order valence-electron chi connectivity index (χ3n) is 5.76. The summed E-state index contributed by atoms with van der Waals surface area (Å²) in [6, 6.07) is 11.7. The van der Waals surface area contributed by atoms with E-state index in [1.54, 1.807) is 10.5 Å². The van der Waals surface area contributed by atoms with Crippen LogP contribution < -0.4 is 10.5 Å². The van der Waals surface area contributed by atoms with Gasteiger partial charge in [0.1, 0.15) is 11.2 Å². The van der Waals surface area contributed by atoms with E-state index in [1.165, 1.54) is 0 Å². The molecule has 7 nitrogen and oxygen atoms in total. The molecule has 0 aliphatic carbocycles. The number of nitrogens with zero attached hydrogens (tertiary/aromatic N) is 5. The molecule has 0 amide bonds. The molecule has 5 rings (SSSR count). The molecule has 29 heavy (non-hydrogen) atoms. The molecule has 7 heteroatoms. The standard InChI is InChI=1S/C22H23N5O2/c1-14-12-26(9-8-25(14)3)17-5-7-21-24-19(11-22(28)27(21)13-17)16-4-6-18-20(10-16)29-15(2)23-18/h4-7,10-11,13-14H,8-9,12H2,1-3H3/t14-/m1/s1. The number of oxazole rings is 1. The Morgan fingerprint density at radius 3 is 2.79 bits per heavy atom. The van der Waals surface area contributed by atoms with E-state index in [1.807, 2.05) is 43.5 Å². The van der Waals surface area contributed by atoms with Gasteiger partial charge in [-0.3, -0.25) is 9.20 Å². The van der Waals surface area contributed by atoms with Gasteiger partial charge in [-0.1, -0.05) is 6.07 Å². The van der Waals surface area contributed by atoms with Gasteiger partial charge >= 0.3 is 0 Å². The average molecular weight is 389 g/mol. The normalized spacial score (nSPS) is 18.0. The summed E-state index contributed by atoms with van der Waals surface area (Å²) in [5.41, 5.74) is 4.55. The summed E-state index contributed by atoms with van der Waals surface area (Å²) in [6.07, 6.45) is 1.90. The molecular formula is C22H23N5O2. The van der Waals surface area contributed by atoms with Gasteiger partial charge in [-0.15, -0.1) is 0 Å². The zero-order valence-corrected chi connectivity index (χ0v) is 16.8. The Morgan fingerprint density at radius 1 is 1.10 bits per heavy atom. The molecular weight excluding hydrogens is 366 g/mol. The molecule has 148 valence electrons. The topological polar surface area (TPSA) is 66.9 Å². The van der Waals surface area contributed by atoms with Crippen LogP contribution in [0.2, 0.25) is 0 Å². The van der Waals surface area contributed by atoms with Crippen LogP contribution in [0.15, 0.2) is 51.8 Å². The summed E-state index contributed by atoms with van der Waals surface area (Å²) in [4.78, 5) is 26.6. The first kappa shape index (κ1) is 17.9. The van der Waals surface area contributed by atoms with Crippen molar-refractivity contribution in [3.63, 3.8) is 0 Å². The van der Waals surface area contributed by atoms with Gasteiger partial charge in [-0.25, -0.2) is 9.97 Å². The SMILES string of the molecule is Cc1nc2ccc(-c3cc(=O)n4cc(N5CCN(C)[C@H](C)C5)ccc4n3)cc2o1. The van der Waals surface area contributed by atoms with E-state index in [2.05, 4.69) is 28.8 Å². The number of pyridine rings is 1.